The molecule has 0 radical (unpaired) electrons. The van der Waals surface area contributed by atoms with Gasteiger partial charge in [0.2, 0.25) is 0 Å². The quantitative estimate of drug-likeness (QED) is 0.220. The van der Waals surface area contributed by atoms with Crippen molar-refractivity contribution in [1.82, 2.24) is 9.97 Å². The zero-order valence-electron chi connectivity index (χ0n) is 18.5. The van der Waals surface area contributed by atoms with E-state index in [1.807, 2.05) is 0 Å². The fraction of sp³-hybridized carbons (Fsp3) is 0.0800. The van der Waals surface area contributed by atoms with Crippen molar-refractivity contribution in [2.24, 2.45) is 0 Å². The minimum absolute atomic E-state index is 0.0640. The lowest BCUT2D eigenvalue weighted by molar-refractivity contribution is -0.132. The molecule has 1 unspecified atom stereocenters. The van der Waals surface area contributed by atoms with Crippen molar-refractivity contribution in [3.8, 4) is 5.75 Å². The Morgan fingerprint density at radius 1 is 1.11 bits per heavy atom. The molecule has 1 amide bonds. The lowest BCUT2D eigenvalue weighted by atomic mass is 9.98. The van der Waals surface area contributed by atoms with Gasteiger partial charge in [-0.25, -0.2) is 9.78 Å². The lowest BCUT2D eigenvalue weighted by Gasteiger charge is -2.22. The summed E-state index contributed by atoms with van der Waals surface area (Å²) >= 11 is 7.18. The van der Waals surface area contributed by atoms with Gasteiger partial charge in [-0.2, -0.15) is 0 Å². The van der Waals surface area contributed by atoms with Gasteiger partial charge < -0.3 is 14.9 Å². The largest absolute Gasteiger partial charge is 0.507 e. The summed E-state index contributed by atoms with van der Waals surface area (Å²) in [5.41, 5.74) is 0.779. The number of fused-ring (bicyclic) bond motifs is 1. The van der Waals surface area contributed by atoms with Crippen LogP contribution in [0.5, 0.6) is 5.75 Å². The first-order valence-corrected chi connectivity index (χ1v) is 11.7. The van der Waals surface area contributed by atoms with Crippen LogP contribution < -0.4 is 9.64 Å². The molecule has 3 heterocycles. The number of anilines is 1. The number of hydrogen-bond donors (Lipinski definition) is 2. The number of halogens is 1. The second kappa shape index (κ2) is 9.06. The zero-order valence-corrected chi connectivity index (χ0v) is 20.1. The summed E-state index contributed by atoms with van der Waals surface area (Å²) < 4.78 is 5.85. The van der Waals surface area contributed by atoms with Crippen LogP contribution in [-0.2, 0) is 9.59 Å². The topological polar surface area (TPSA) is 130 Å². The number of pyridine rings is 1. The molecule has 0 saturated carbocycles. The maximum atomic E-state index is 13.3. The smallest absolute Gasteiger partial charge is 0.335 e. The van der Waals surface area contributed by atoms with Crippen molar-refractivity contribution in [2.45, 2.75) is 6.04 Å². The second-order valence-corrected chi connectivity index (χ2v) is 9.20. The van der Waals surface area contributed by atoms with E-state index in [2.05, 4.69) is 9.97 Å². The Labute approximate surface area is 212 Å². The van der Waals surface area contributed by atoms with Gasteiger partial charge >= 0.3 is 11.9 Å². The molecular formula is C25H16ClN3O6S. The van der Waals surface area contributed by atoms with E-state index in [1.54, 1.807) is 24.3 Å². The highest BCUT2D eigenvalue weighted by Crippen LogP contribution is 2.44. The monoisotopic (exact) mass is 521 g/mol. The number of carbonyl (C=O) groups excluding carboxylic acids is 2. The highest BCUT2D eigenvalue weighted by Gasteiger charge is 2.49. The predicted molar refractivity (Wildman–Crippen MR) is 134 cm³/mol. The van der Waals surface area contributed by atoms with Crippen LogP contribution >= 0.6 is 22.9 Å². The number of methoxy groups -OCH3 is 1. The normalized spacial score (nSPS) is 17.1. The van der Waals surface area contributed by atoms with Gasteiger partial charge in [-0.3, -0.25) is 19.5 Å². The van der Waals surface area contributed by atoms with Crippen molar-refractivity contribution in [3.05, 3.63) is 88.2 Å². The Hall–Kier alpha value is -4.28. The standard InChI is InChI=1S/C25H16ClN3O6S/c1-35-17-8-6-13(26)11-14(17)21(30)19-20(16-4-2-3-9-27-16)29(23(32)22(19)31)25-28-15-7-5-12(24(33)34)10-18(15)36-25/h2-11,20,30H,1H3,(H,33,34)/b21-19+. The van der Waals surface area contributed by atoms with Crippen molar-refractivity contribution in [3.63, 3.8) is 0 Å². The maximum Gasteiger partial charge on any atom is 0.335 e. The van der Waals surface area contributed by atoms with E-state index in [0.29, 0.717) is 20.9 Å². The van der Waals surface area contributed by atoms with Crippen LogP contribution in [0, 0.1) is 0 Å². The summed E-state index contributed by atoms with van der Waals surface area (Å²) in [6.07, 6.45) is 1.51. The SMILES string of the molecule is COc1ccc(Cl)cc1/C(O)=C1\C(=O)C(=O)N(c2nc3ccc(C(=O)O)cc3s2)C1c1ccccn1. The summed E-state index contributed by atoms with van der Waals surface area (Å²) in [4.78, 5) is 48.0. The Bertz CT molecular complexity index is 1580. The summed E-state index contributed by atoms with van der Waals surface area (Å²) in [5.74, 6) is -3.16. The molecule has 180 valence electrons. The molecule has 1 aliphatic heterocycles. The third-order valence-electron chi connectivity index (χ3n) is 5.66. The molecule has 2 N–H and O–H groups in total. The van der Waals surface area contributed by atoms with Crippen LogP contribution in [0.2, 0.25) is 5.02 Å². The van der Waals surface area contributed by atoms with Gasteiger partial charge in [0, 0.05) is 11.2 Å². The number of carboxylic acid groups (broad SMARTS) is 1. The molecule has 1 fully saturated rings. The molecule has 4 aromatic rings. The first-order valence-electron chi connectivity index (χ1n) is 10.5. The highest BCUT2D eigenvalue weighted by molar-refractivity contribution is 7.22. The number of ether oxygens (including phenoxy) is 1. The number of aliphatic hydroxyl groups excluding tert-OH is 1. The number of aromatic nitrogens is 2. The number of carbonyl (C=O) groups is 3. The summed E-state index contributed by atoms with van der Waals surface area (Å²) in [6.45, 7) is 0. The molecule has 9 nitrogen and oxygen atoms in total. The van der Waals surface area contributed by atoms with E-state index in [1.165, 1.54) is 48.5 Å². The van der Waals surface area contributed by atoms with Gasteiger partial charge in [0.05, 0.1) is 39.7 Å². The van der Waals surface area contributed by atoms with Crippen molar-refractivity contribution in [1.29, 1.82) is 0 Å². The number of Topliss-reactive ketones (excluding diaryl/α,β-unsaturated/α-hetero) is 1. The predicted octanol–water partition coefficient (Wildman–Crippen LogP) is 4.68. The molecule has 1 atom stereocenters. The number of hydrogen-bond acceptors (Lipinski definition) is 8. The molecule has 1 saturated heterocycles. The number of ketones is 1. The first-order chi connectivity index (χ1) is 17.3. The average molecular weight is 522 g/mol. The number of thiazole rings is 1. The van der Waals surface area contributed by atoms with Crippen LogP contribution in [0.4, 0.5) is 5.13 Å². The maximum absolute atomic E-state index is 13.3. The molecule has 2 aromatic heterocycles. The summed E-state index contributed by atoms with van der Waals surface area (Å²) in [7, 11) is 1.40. The molecular weight excluding hydrogens is 506 g/mol. The highest BCUT2D eigenvalue weighted by atomic mass is 35.5. The molecule has 36 heavy (non-hydrogen) atoms. The Morgan fingerprint density at radius 2 is 1.92 bits per heavy atom. The lowest BCUT2D eigenvalue weighted by Crippen LogP contribution is -2.29. The number of amides is 1. The Kier molecular flexibility index (Phi) is 5.91. The summed E-state index contributed by atoms with van der Waals surface area (Å²) in [6, 6.07) is 12.8. The Balaban J connectivity index is 1.73. The number of aliphatic hydroxyl groups is 1. The van der Waals surface area contributed by atoms with Crippen LogP contribution in [0.15, 0.2) is 66.4 Å². The molecule has 0 spiro atoms. The molecule has 2 aromatic carbocycles. The van der Waals surface area contributed by atoms with Gasteiger partial charge in [0.25, 0.3) is 5.78 Å². The van der Waals surface area contributed by atoms with Gasteiger partial charge in [0.1, 0.15) is 17.6 Å². The van der Waals surface area contributed by atoms with E-state index >= 15 is 0 Å². The fourth-order valence-corrected chi connectivity index (χ4v) is 5.21. The molecule has 11 heteroatoms. The zero-order chi connectivity index (χ0) is 25.6. The third kappa shape index (κ3) is 3.86. The van der Waals surface area contributed by atoms with E-state index in [0.717, 1.165) is 11.3 Å². The molecule has 0 bridgehead atoms. The van der Waals surface area contributed by atoms with Gasteiger partial charge in [-0.15, -0.1) is 0 Å². The van der Waals surface area contributed by atoms with E-state index in [4.69, 9.17) is 16.3 Å². The molecule has 5 rings (SSSR count). The van der Waals surface area contributed by atoms with Gasteiger partial charge in [0.15, 0.2) is 5.13 Å². The van der Waals surface area contributed by atoms with E-state index in [9.17, 15) is 24.6 Å². The van der Waals surface area contributed by atoms with Crippen molar-refractivity contribution >= 4 is 61.7 Å². The van der Waals surface area contributed by atoms with Crippen LogP contribution in [-0.4, -0.2) is 45.0 Å². The fourth-order valence-electron chi connectivity index (χ4n) is 4.01. The summed E-state index contributed by atoms with van der Waals surface area (Å²) in [5, 5.41) is 21.1. The molecule has 1 aliphatic rings. The number of carboxylic acids is 1. The van der Waals surface area contributed by atoms with Crippen LogP contribution in [0.25, 0.3) is 16.0 Å². The van der Waals surface area contributed by atoms with Gasteiger partial charge in [-0.05, 0) is 48.5 Å². The number of benzene rings is 2. The minimum atomic E-state index is -1.10. The minimum Gasteiger partial charge on any atom is -0.507 e. The number of nitrogens with zero attached hydrogens (tertiary/aromatic N) is 3. The average Bonchev–Trinajstić information content (AvgIpc) is 3.41. The second-order valence-electron chi connectivity index (χ2n) is 7.75. The first kappa shape index (κ1) is 23.5. The third-order valence-corrected chi connectivity index (χ3v) is 6.91. The Morgan fingerprint density at radius 3 is 2.61 bits per heavy atom. The van der Waals surface area contributed by atoms with Gasteiger partial charge in [-0.1, -0.05) is 29.0 Å². The number of rotatable bonds is 5. The van der Waals surface area contributed by atoms with Crippen molar-refractivity contribution < 1.29 is 29.3 Å². The van der Waals surface area contributed by atoms with E-state index in [-0.39, 0.29) is 27.6 Å². The van der Waals surface area contributed by atoms with Crippen LogP contribution in [0.3, 0.4) is 0 Å². The van der Waals surface area contributed by atoms with Crippen LogP contribution in [0.1, 0.15) is 27.7 Å². The van der Waals surface area contributed by atoms with Crippen molar-refractivity contribution in [2.75, 3.05) is 12.0 Å². The van der Waals surface area contributed by atoms with E-state index < -0.39 is 29.5 Å². The molecule has 0 aliphatic carbocycles. The number of aromatic carboxylic acids is 1.